The van der Waals surface area contributed by atoms with E-state index in [-0.39, 0.29) is 5.91 Å². The van der Waals surface area contributed by atoms with Crippen molar-refractivity contribution in [3.8, 4) is 5.75 Å². The Morgan fingerprint density at radius 2 is 1.96 bits per heavy atom. The first-order valence-electron chi connectivity index (χ1n) is 8.43. The second kappa shape index (κ2) is 7.53. The number of hydrogen-bond donors (Lipinski definition) is 1. The number of nitrogen functional groups attached to an aromatic ring is 1. The zero-order valence-electron chi connectivity index (χ0n) is 14.7. The molecule has 0 radical (unpaired) electrons. The van der Waals surface area contributed by atoms with Crippen LogP contribution in [0.15, 0.2) is 36.5 Å². The summed E-state index contributed by atoms with van der Waals surface area (Å²) in [6.45, 7) is 5.92. The van der Waals surface area contributed by atoms with Gasteiger partial charge in [0.2, 0.25) is 0 Å². The fourth-order valence-electron chi connectivity index (χ4n) is 3.10. The van der Waals surface area contributed by atoms with Gasteiger partial charge >= 0.3 is 0 Å². The summed E-state index contributed by atoms with van der Waals surface area (Å²) in [7, 11) is 1.63. The molecule has 1 amide bonds. The van der Waals surface area contributed by atoms with E-state index in [2.05, 4.69) is 9.88 Å². The second-order valence-corrected chi connectivity index (χ2v) is 6.34. The third-order valence-electron chi connectivity index (χ3n) is 4.57. The summed E-state index contributed by atoms with van der Waals surface area (Å²) in [5, 5.41) is 0. The SMILES string of the molecule is COc1cc(C(=O)N2CCN(Cc3ccnc(N)c3)CC2)ccc1C. The molecule has 0 saturated carbocycles. The van der Waals surface area contributed by atoms with Gasteiger partial charge in [0.1, 0.15) is 11.6 Å². The van der Waals surface area contributed by atoms with Crippen molar-refractivity contribution in [2.45, 2.75) is 13.5 Å². The molecule has 1 saturated heterocycles. The van der Waals surface area contributed by atoms with Crippen LogP contribution in [0.25, 0.3) is 0 Å². The van der Waals surface area contributed by atoms with Gasteiger partial charge in [-0.1, -0.05) is 6.07 Å². The van der Waals surface area contributed by atoms with Crippen LogP contribution in [0, 0.1) is 6.92 Å². The smallest absolute Gasteiger partial charge is 0.254 e. The maximum Gasteiger partial charge on any atom is 0.254 e. The van der Waals surface area contributed by atoms with Gasteiger partial charge in [0.05, 0.1) is 7.11 Å². The van der Waals surface area contributed by atoms with Crippen LogP contribution in [-0.4, -0.2) is 54.0 Å². The minimum atomic E-state index is 0.0612. The molecule has 0 aliphatic carbocycles. The van der Waals surface area contributed by atoms with E-state index in [4.69, 9.17) is 10.5 Å². The van der Waals surface area contributed by atoms with Crippen LogP contribution in [0.1, 0.15) is 21.5 Å². The number of hydrogen-bond acceptors (Lipinski definition) is 5. The Labute approximate surface area is 148 Å². The Morgan fingerprint density at radius 3 is 2.64 bits per heavy atom. The highest BCUT2D eigenvalue weighted by molar-refractivity contribution is 5.94. The van der Waals surface area contributed by atoms with Gasteiger partial charge in [0, 0.05) is 44.5 Å². The molecular formula is C19H24N4O2. The van der Waals surface area contributed by atoms with E-state index in [0.717, 1.165) is 49.6 Å². The van der Waals surface area contributed by atoms with E-state index in [1.54, 1.807) is 13.3 Å². The predicted octanol–water partition coefficient (Wildman–Crippen LogP) is 1.94. The molecule has 3 rings (SSSR count). The topological polar surface area (TPSA) is 71.7 Å². The van der Waals surface area contributed by atoms with Crippen molar-refractivity contribution in [1.82, 2.24) is 14.8 Å². The predicted molar refractivity (Wildman–Crippen MR) is 97.6 cm³/mol. The largest absolute Gasteiger partial charge is 0.496 e. The summed E-state index contributed by atoms with van der Waals surface area (Å²) < 4.78 is 5.32. The molecule has 0 spiro atoms. The lowest BCUT2D eigenvalue weighted by Gasteiger charge is -2.34. The number of pyridine rings is 1. The summed E-state index contributed by atoms with van der Waals surface area (Å²) >= 11 is 0. The molecule has 6 nitrogen and oxygen atoms in total. The number of benzene rings is 1. The van der Waals surface area contributed by atoms with E-state index in [1.807, 2.05) is 42.2 Å². The lowest BCUT2D eigenvalue weighted by Crippen LogP contribution is -2.48. The Morgan fingerprint density at radius 1 is 1.20 bits per heavy atom. The van der Waals surface area contributed by atoms with E-state index in [9.17, 15) is 4.79 Å². The monoisotopic (exact) mass is 340 g/mol. The highest BCUT2D eigenvalue weighted by Crippen LogP contribution is 2.20. The van der Waals surface area contributed by atoms with Crippen LogP contribution in [0.3, 0.4) is 0 Å². The van der Waals surface area contributed by atoms with Gasteiger partial charge in [-0.15, -0.1) is 0 Å². The molecule has 6 heteroatoms. The van der Waals surface area contributed by atoms with Crippen LogP contribution in [0.5, 0.6) is 5.75 Å². The van der Waals surface area contributed by atoms with E-state index in [1.165, 1.54) is 0 Å². The first kappa shape index (κ1) is 17.2. The first-order chi connectivity index (χ1) is 12.1. The van der Waals surface area contributed by atoms with E-state index in [0.29, 0.717) is 11.4 Å². The molecule has 25 heavy (non-hydrogen) atoms. The van der Waals surface area contributed by atoms with Crippen molar-refractivity contribution >= 4 is 11.7 Å². The molecule has 1 aliphatic rings. The minimum Gasteiger partial charge on any atom is -0.496 e. The molecule has 1 aromatic carbocycles. The Bertz CT molecular complexity index is 755. The number of carbonyl (C=O) groups excluding carboxylic acids is 1. The van der Waals surface area contributed by atoms with Crippen molar-refractivity contribution in [3.63, 3.8) is 0 Å². The first-order valence-corrected chi connectivity index (χ1v) is 8.43. The van der Waals surface area contributed by atoms with Gasteiger partial charge in [-0.3, -0.25) is 9.69 Å². The van der Waals surface area contributed by atoms with Crippen LogP contribution >= 0.6 is 0 Å². The molecule has 2 N–H and O–H groups in total. The van der Waals surface area contributed by atoms with Gasteiger partial charge in [-0.25, -0.2) is 4.98 Å². The van der Waals surface area contributed by atoms with E-state index < -0.39 is 0 Å². The molecule has 0 bridgehead atoms. The zero-order valence-corrected chi connectivity index (χ0v) is 14.7. The normalized spacial score (nSPS) is 15.2. The fourth-order valence-corrected chi connectivity index (χ4v) is 3.10. The zero-order chi connectivity index (χ0) is 17.8. The number of nitrogens with zero attached hydrogens (tertiary/aromatic N) is 3. The minimum absolute atomic E-state index is 0.0612. The lowest BCUT2D eigenvalue weighted by atomic mass is 10.1. The number of anilines is 1. The molecule has 0 unspecified atom stereocenters. The average Bonchev–Trinajstić information content (AvgIpc) is 2.62. The van der Waals surface area contributed by atoms with Gasteiger partial charge in [-0.2, -0.15) is 0 Å². The number of methoxy groups -OCH3 is 1. The summed E-state index contributed by atoms with van der Waals surface area (Å²) in [4.78, 5) is 21.0. The van der Waals surface area contributed by atoms with Crippen LogP contribution in [0.2, 0.25) is 0 Å². The maximum atomic E-state index is 12.7. The van der Waals surface area contributed by atoms with Crippen LogP contribution in [0.4, 0.5) is 5.82 Å². The number of piperazine rings is 1. The number of aromatic nitrogens is 1. The molecule has 132 valence electrons. The van der Waals surface area contributed by atoms with Crippen LogP contribution in [-0.2, 0) is 6.54 Å². The number of nitrogens with two attached hydrogens (primary N) is 1. The van der Waals surface area contributed by atoms with Gasteiger partial charge in [0.25, 0.3) is 5.91 Å². The van der Waals surface area contributed by atoms with Crippen molar-refractivity contribution in [1.29, 1.82) is 0 Å². The van der Waals surface area contributed by atoms with Gasteiger partial charge < -0.3 is 15.4 Å². The average molecular weight is 340 g/mol. The van der Waals surface area contributed by atoms with E-state index >= 15 is 0 Å². The summed E-state index contributed by atoms with van der Waals surface area (Å²) in [5.74, 6) is 1.35. The number of ether oxygens (including phenoxy) is 1. The summed E-state index contributed by atoms with van der Waals surface area (Å²) in [6.07, 6.45) is 1.73. The standard InChI is InChI=1S/C19H24N4O2/c1-14-3-4-16(12-17(14)25-2)19(24)23-9-7-22(8-10-23)13-15-5-6-21-18(20)11-15/h3-6,11-12H,7-10,13H2,1-2H3,(H2,20,21). The van der Waals surface area contributed by atoms with Gasteiger partial charge in [0.15, 0.2) is 0 Å². The van der Waals surface area contributed by atoms with Crippen molar-refractivity contribution in [3.05, 3.63) is 53.2 Å². The second-order valence-electron chi connectivity index (χ2n) is 6.34. The molecule has 2 heterocycles. The highest BCUT2D eigenvalue weighted by Gasteiger charge is 2.22. The maximum absolute atomic E-state index is 12.7. The third kappa shape index (κ3) is 4.09. The number of rotatable bonds is 4. The fraction of sp³-hybridized carbons (Fsp3) is 0.368. The molecule has 1 aromatic heterocycles. The van der Waals surface area contributed by atoms with Crippen molar-refractivity contribution in [2.75, 3.05) is 39.0 Å². The van der Waals surface area contributed by atoms with Crippen LogP contribution < -0.4 is 10.5 Å². The lowest BCUT2D eigenvalue weighted by molar-refractivity contribution is 0.0628. The highest BCUT2D eigenvalue weighted by atomic mass is 16.5. The Kier molecular flexibility index (Phi) is 5.19. The third-order valence-corrected chi connectivity index (χ3v) is 4.57. The Hall–Kier alpha value is -2.60. The van der Waals surface area contributed by atoms with Crippen molar-refractivity contribution in [2.24, 2.45) is 0 Å². The quantitative estimate of drug-likeness (QED) is 0.921. The molecule has 1 fully saturated rings. The number of carbonyl (C=O) groups is 1. The molecule has 1 aliphatic heterocycles. The Balaban J connectivity index is 1.59. The molecule has 0 atom stereocenters. The summed E-state index contributed by atoms with van der Waals surface area (Å²) in [5.41, 5.74) is 8.59. The number of amides is 1. The molecule has 2 aromatic rings. The van der Waals surface area contributed by atoms with Crippen molar-refractivity contribution < 1.29 is 9.53 Å². The number of aryl methyl sites for hydroxylation is 1. The molecular weight excluding hydrogens is 316 g/mol. The van der Waals surface area contributed by atoms with Gasteiger partial charge in [-0.05, 0) is 42.3 Å². The summed E-state index contributed by atoms with van der Waals surface area (Å²) in [6, 6.07) is 9.49.